The largest absolute Gasteiger partial charge is 0.324 e. The van der Waals surface area contributed by atoms with Crippen LogP contribution >= 0.6 is 11.6 Å². The third kappa shape index (κ3) is 2.02. The van der Waals surface area contributed by atoms with E-state index in [0.717, 1.165) is 23.4 Å². The normalized spacial score (nSPS) is 15.1. The Morgan fingerprint density at radius 2 is 2.33 bits per heavy atom. The molecule has 0 aromatic heterocycles. The van der Waals surface area contributed by atoms with Gasteiger partial charge in [-0.25, -0.2) is 0 Å². The van der Waals surface area contributed by atoms with Crippen LogP contribution in [-0.4, -0.2) is 18.2 Å². The Morgan fingerprint density at radius 3 is 3.07 bits per heavy atom. The number of nitrogens with zero attached hydrogens (tertiary/aromatic N) is 1. The molecule has 1 amide bonds. The van der Waals surface area contributed by atoms with E-state index in [9.17, 15) is 4.79 Å². The summed E-state index contributed by atoms with van der Waals surface area (Å²) in [5, 5.41) is 3.46. The monoisotopic (exact) mass is 222 g/mol. The Morgan fingerprint density at radius 1 is 1.53 bits per heavy atom. The number of anilines is 1. The summed E-state index contributed by atoms with van der Waals surface area (Å²) >= 11 is 5.92. The molecule has 1 aliphatic rings. The van der Waals surface area contributed by atoms with Gasteiger partial charge >= 0.3 is 0 Å². The SMILES string of the molecule is CCC1=NCC(=O)Nc2ccc(Cl)cc21. The molecule has 0 bridgehead atoms. The van der Waals surface area contributed by atoms with Crippen molar-refractivity contribution in [2.45, 2.75) is 13.3 Å². The van der Waals surface area contributed by atoms with Crippen LogP contribution in [0.25, 0.3) is 0 Å². The Hall–Kier alpha value is -1.35. The van der Waals surface area contributed by atoms with Crippen LogP contribution in [0.1, 0.15) is 18.9 Å². The number of hydrogen-bond donors (Lipinski definition) is 1. The smallest absolute Gasteiger partial charge is 0.246 e. The van der Waals surface area contributed by atoms with Gasteiger partial charge in [-0.15, -0.1) is 0 Å². The van der Waals surface area contributed by atoms with E-state index in [-0.39, 0.29) is 12.5 Å². The number of aliphatic imine (C=N–C) groups is 1. The van der Waals surface area contributed by atoms with Crippen LogP contribution < -0.4 is 5.32 Å². The van der Waals surface area contributed by atoms with Gasteiger partial charge < -0.3 is 5.32 Å². The lowest BCUT2D eigenvalue weighted by Crippen LogP contribution is -2.13. The first-order valence-electron chi connectivity index (χ1n) is 4.84. The van der Waals surface area contributed by atoms with Crippen LogP contribution in [0.15, 0.2) is 23.2 Å². The topological polar surface area (TPSA) is 41.5 Å². The van der Waals surface area contributed by atoms with Gasteiger partial charge in [-0.05, 0) is 24.6 Å². The average molecular weight is 223 g/mol. The summed E-state index contributed by atoms with van der Waals surface area (Å²) in [6, 6.07) is 5.41. The van der Waals surface area contributed by atoms with Crippen LogP contribution in [0.4, 0.5) is 5.69 Å². The molecule has 0 radical (unpaired) electrons. The molecule has 0 saturated carbocycles. The van der Waals surface area contributed by atoms with Gasteiger partial charge in [-0.2, -0.15) is 0 Å². The number of fused-ring (bicyclic) bond motifs is 1. The van der Waals surface area contributed by atoms with E-state index in [1.54, 1.807) is 6.07 Å². The lowest BCUT2D eigenvalue weighted by molar-refractivity contribution is -0.114. The molecule has 78 valence electrons. The highest BCUT2D eigenvalue weighted by molar-refractivity contribution is 6.31. The zero-order valence-electron chi connectivity index (χ0n) is 8.38. The van der Waals surface area contributed by atoms with Gasteiger partial charge in [0.05, 0.1) is 0 Å². The number of nitrogens with one attached hydrogen (secondary N) is 1. The maximum Gasteiger partial charge on any atom is 0.246 e. The molecule has 1 aromatic carbocycles. The molecule has 1 aromatic rings. The maximum atomic E-state index is 11.3. The second kappa shape index (κ2) is 4.03. The fourth-order valence-corrected chi connectivity index (χ4v) is 1.78. The molecule has 0 atom stereocenters. The molecule has 4 heteroatoms. The van der Waals surface area contributed by atoms with Gasteiger partial charge in [-0.1, -0.05) is 18.5 Å². The summed E-state index contributed by atoms with van der Waals surface area (Å²) in [7, 11) is 0. The molecule has 15 heavy (non-hydrogen) atoms. The van der Waals surface area contributed by atoms with E-state index in [1.165, 1.54) is 0 Å². The first-order valence-corrected chi connectivity index (χ1v) is 5.21. The highest BCUT2D eigenvalue weighted by atomic mass is 35.5. The van der Waals surface area contributed by atoms with E-state index in [2.05, 4.69) is 10.3 Å². The standard InChI is InChI=1S/C11H11ClN2O/c1-2-9-8-5-7(12)3-4-10(8)14-11(15)6-13-9/h3-5H,2,6H2,1H3,(H,14,15). The van der Waals surface area contributed by atoms with Crippen molar-refractivity contribution < 1.29 is 4.79 Å². The molecule has 2 rings (SSSR count). The molecule has 3 nitrogen and oxygen atoms in total. The van der Waals surface area contributed by atoms with Crippen LogP contribution in [0.3, 0.4) is 0 Å². The Bertz CT molecular complexity index is 440. The zero-order valence-corrected chi connectivity index (χ0v) is 9.14. The molecule has 0 aliphatic carbocycles. The average Bonchev–Trinajstić information content (AvgIpc) is 2.37. The molecule has 0 unspecified atom stereocenters. The number of rotatable bonds is 1. The summed E-state index contributed by atoms with van der Waals surface area (Å²) in [4.78, 5) is 15.6. The number of hydrogen-bond acceptors (Lipinski definition) is 2. The van der Waals surface area contributed by atoms with Crippen LogP contribution in [-0.2, 0) is 4.79 Å². The Balaban J connectivity index is 2.55. The minimum atomic E-state index is -0.0815. The number of carbonyl (C=O) groups is 1. The van der Waals surface area contributed by atoms with Crippen molar-refractivity contribution in [3.8, 4) is 0 Å². The summed E-state index contributed by atoms with van der Waals surface area (Å²) < 4.78 is 0. The summed E-state index contributed by atoms with van der Waals surface area (Å²) in [6.07, 6.45) is 0.794. The second-order valence-corrected chi connectivity index (χ2v) is 3.79. The fourth-order valence-electron chi connectivity index (χ4n) is 1.61. The van der Waals surface area contributed by atoms with E-state index >= 15 is 0 Å². The van der Waals surface area contributed by atoms with E-state index in [4.69, 9.17) is 11.6 Å². The number of benzene rings is 1. The van der Waals surface area contributed by atoms with Crippen molar-refractivity contribution >= 4 is 28.9 Å². The minimum Gasteiger partial charge on any atom is -0.324 e. The quantitative estimate of drug-likeness (QED) is 0.779. The number of amides is 1. The van der Waals surface area contributed by atoms with Crippen molar-refractivity contribution in [2.24, 2.45) is 4.99 Å². The zero-order chi connectivity index (χ0) is 10.8. The molecule has 0 saturated heterocycles. The van der Waals surface area contributed by atoms with Gasteiger partial charge in [-0.3, -0.25) is 9.79 Å². The Labute approximate surface area is 93.2 Å². The van der Waals surface area contributed by atoms with Crippen molar-refractivity contribution in [3.63, 3.8) is 0 Å². The van der Waals surface area contributed by atoms with Crippen molar-refractivity contribution in [3.05, 3.63) is 28.8 Å². The first-order chi connectivity index (χ1) is 7.20. The van der Waals surface area contributed by atoms with Gasteiger partial charge in [0.1, 0.15) is 6.54 Å². The molecule has 1 heterocycles. The Kier molecular flexibility index (Phi) is 2.73. The third-order valence-electron chi connectivity index (χ3n) is 2.32. The minimum absolute atomic E-state index is 0.0815. The van der Waals surface area contributed by atoms with Crippen molar-refractivity contribution in [1.29, 1.82) is 0 Å². The predicted molar refractivity (Wildman–Crippen MR) is 61.8 cm³/mol. The fraction of sp³-hybridized carbons (Fsp3) is 0.273. The van der Waals surface area contributed by atoms with Crippen molar-refractivity contribution in [1.82, 2.24) is 0 Å². The van der Waals surface area contributed by atoms with Gasteiger partial charge in [0.15, 0.2) is 0 Å². The molecule has 1 N–H and O–H groups in total. The van der Waals surface area contributed by atoms with Gasteiger partial charge in [0, 0.05) is 22.0 Å². The molecule has 0 fully saturated rings. The van der Waals surface area contributed by atoms with E-state index in [0.29, 0.717) is 5.02 Å². The maximum absolute atomic E-state index is 11.3. The number of carbonyl (C=O) groups excluding carboxylic acids is 1. The highest BCUT2D eigenvalue weighted by Crippen LogP contribution is 2.24. The number of halogens is 1. The first kappa shape index (κ1) is 10.2. The number of benzodiazepines with no additional fused rings is 1. The molecule has 1 aliphatic heterocycles. The van der Waals surface area contributed by atoms with E-state index < -0.39 is 0 Å². The predicted octanol–water partition coefficient (Wildman–Crippen LogP) is 2.49. The van der Waals surface area contributed by atoms with Crippen LogP contribution in [0, 0.1) is 0 Å². The second-order valence-electron chi connectivity index (χ2n) is 3.35. The van der Waals surface area contributed by atoms with E-state index in [1.807, 2.05) is 19.1 Å². The third-order valence-corrected chi connectivity index (χ3v) is 2.55. The van der Waals surface area contributed by atoms with Crippen LogP contribution in [0.2, 0.25) is 5.02 Å². The molecular formula is C11H11ClN2O. The van der Waals surface area contributed by atoms with Gasteiger partial charge in [0.2, 0.25) is 5.91 Å². The summed E-state index contributed by atoms with van der Waals surface area (Å²) in [5.41, 5.74) is 2.64. The summed E-state index contributed by atoms with van der Waals surface area (Å²) in [6.45, 7) is 2.20. The molecule has 0 spiro atoms. The lowest BCUT2D eigenvalue weighted by Gasteiger charge is -2.08. The van der Waals surface area contributed by atoms with Crippen molar-refractivity contribution in [2.75, 3.05) is 11.9 Å². The highest BCUT2D eigenvalue weighted by Gasteiger charge is 2.15. The van der Waals surface area contributed by atoms with Gasteiger partial charge in [0.25, 0.3) is 0 Å². The van der Waals surface area contributed by atoms with Crippen LogP contribution in [0.5, 0.6) is 0 Å². The lowest BCUT2D eigenvalue weighted by atomic mass is 10.1. The molecular weight excluding hydrogens is 212 g/mol. The summed E-state index contributed by atoms with van der Waals surface area (Å²) in [5.74, 6) is -0.0815.